The largest absolute Gasteiger partial charge is 0.484 e. The number of sulfonamides is 1. The predicted molar refractivity (Wildman–Crippen MR) is 86.8 cm³/mol. The third-order valence-electron chi connectivity index (χ3n) is 2.81. The van der Waals surface area contributed by atoms with Crippen LogP contribution >= 0.6 is 0 Å². The first-order valence-electron chi connectivity index (χ1n) is 7.33. The van der Waals surface area contributed by atoms with Gasteiger partial charge in [-0.15, -0.1) is 0 Å². The molecule has 8 heteroatoms. The van der Waals surface area contributed by atoms with Crippen LogP contribution in [0.25, 0.3) is 0 Å². The first-order chi connectivity index (χ1) is 10.8. The Labute approximate surface area is 137 Å². The number of benzene rings is 1. The number of hydrogen-bond acceptors (Lipinski definition) is 5. The summed E-state index contributed by atoms with van der Waals surface area (Å²) in [5.41, 5.74) is 0. The summed E-state index contributed by atoms with van der Waals surface area (Å²) >= 11 is 0. The molecule has 0 aliphatic carbocycles. The van der Waals surface area contributed by atoms with Crippen LogP contribution in [0, 0.1) is 5.92 Å². The van der Waals surface area contributed by atoms with Crippen molar-refractivity contribution in [2.24, 2.45) is 5.92 Å². The first-order valence-corrected chi connectivity index (χ1v) is 8.81. The molecule has 0 fully saturated rings. The van der Waals surface area contributed by atoms with E-state index in [4.69, 9.17) is 9.47 Å². The van der Waals surface area contributed by atoms with Crippen LogP contribution in [0.5, 0.6) is 5.75 Å². The zero-order valence-corrected chi connectivity index (χ0v) is 14.5. The topological polar surface area (TPSA) is 93.7 Å². The van der Waals surface area contributed by atoms with Gasteiger partial charge in [-0.25, -0.2) is 13.1 Å². The lowest BCUT2D eigenvalue weighted by Crippen LogP contribution is -2.31. The highest BCUT2D eigenvalue weighted by Crippen LogP contribution is 2.16. The van der Waals surface area contributed by atoms with E-state index in [0.717, 1.165) is 0 Å². The second-order valence-corrected chi connectivity index (χ2v) is 7.12. The molecule has 1 amide bonds. The normalized spacial score (nSPS) is 11.5. The molecule has 0 heterocycles. The number of carbonyl (C=O) groups is 1. The molecule has 0 aliphatic rings. The standard InChI is InChI=1S/C15H24N2O5S/c1-12(2)10-17-23(19,20)14-6-4-13(5-7-14)22-11-15(18)16-8-9-21-3/h4-7,12,17H,8-11H2,1-3H3,(H,16,18). The number of rotatable bonds is 10. The van der Waals surface area contributed by atoms with Gasteiger partial charge in [0.05, 0.1) is 11.5 Å². The molecule has 23 heavy (non-hydrogen) atoms. The molecular formula is C15H24N2O5S. The third-order valence-corrected chi connectivity index (χ3v) is 4.25. The maximum absolute atomic E-state index is 12.0. The molecule has 0 aromatic heterocycles. The zero-order valence-electron chi connectivity index (χ0n) is 13.7. The number of nitrogens with one attached hydrogen (secondary N) is 2. The van der Waals surface area contributed by atoms with E-state index in [-0.39, 0.29) is 23.3 Å². The SMILES string of the molecule is COCCNC(=O)COc1ccc(S(=O)(=O)NCC(C)C)cc1. The van der Waals surface area contributed by atoms with Crippen LogP contribution in [0.4, 0.5) is 0 Å². The van der Waals surface area contributed by atoms with Crippen molar-refractivity contribution in [1.82, 2.24) is 10.0 Å². The van der Waals surface area contributed by atoms with Crippen LogP contribution in [0.1, 0.15) is 13.8 Å². The van der Waals surface area contributed by atoms with Crippen molar-refractivity contribution in [3.63, 3.8) is 0 Å². The first kappa shape index (κ1) is 19.4. The number of ether oxygens (including phenoxy) is 2. The molecule has 0 bridgehead atoms. The maximum atomic E-state index is 12.0. The van der Waals surface area contributed by atoms with Crippen LogP contribution in [-0.4, -0.2) is 47.7 Å². The van der Waals surface area contributed by atoms with Crippen molar-refractivity contribution in [1.29, 1.82) is 0 Å². The Morgan fingerprint density at radius 2 is 1.87 bits per heavy atom. The van der Waals surface area contributed by atoms with Gasteiger partial charge in [-0.1, -0.05) is 13.8 Å². The Morgan fingerprint density at radius 1 is 1.22 bits per heavy atom. The Balaban J connectivity index is 2.51. The van der Waals surface area contributed by atoms with Crippen LogP contribution in [-0.2, 0) is 19.6 Å². The summed E-state index contributed by atoms with van der Waals surface area (Å²) in [4.78, 5) is 11.6. The average molecular weight is 344 g/mol. The van der Waals surface area contributed by atoms with Crippen LogP contribution < -0.4 is 14.8 Å². The number of hydrogen-bond donors (Lipinski definition) is 2. The lowest BCUT2D eigenvalue weighted by atomic mass is 10.2. The van der Waals surface area contributed by atoms with Gasteiger partial charge in [0.2, 0.25) is 10.0 Å². The molecule has 1 aromatic carbocycles. The van der Waals surface area contributed by atoms with E-state index in [2.05, 4.69) is 10.0 Å². The summed E-state index contributed by atoms with van der Waals surface area (Å²) in [6.07, 6.45) is 0. The molecule has 0 aliphatic heterocycles. The van der Waals surface area contributed by atoms with E-state index in [1.165, 1.54) is 24.3 Å². The summed E-state index contributed by atoms with van der Waals surface area (Å²) in [6, 6.07) is 5.93. The van der Waals surface area contributed by atoms with E-state index in [1.807, 2.05) is 13.8 Å². The second kappa shape index (κ2) is 9.49. The van der Waals surface area contributed by atoms with Crippen LogP contribution in [0.15, 0.2) is 29.2 Å². The molecule has 0 atom stereocenters. The van der Waals surface area contributed by atoms with E-state index in [9.17, 15) is 13.2 Å². The highest BCUT2D eigenvalue weighted by atomic mass is 32.2. The van der Waals surface area contributed by atoms with E-state index >= 15 is 0 Å². The van der Waals surface area contributed by atoms with Crippen molar-refractivity contribution in [3.8, 4) is 5.75 Å². The molecule has 2 N–H and O–H groups in total. The summed E-state index contributed by atoms with van der Waals surface area (Å²) in [5, 5.41) is 2.62. The zero-order chi connectivity index (χ0) is 17.3. The van der Waals surface area contributed by atoms with Crippen LogP contribution in [0.3, 0.4) is 0 Å². The minimum absolute atomic E-state index is 0.137. The molecule has 1 rings (SSSR count). The third kappa shape index (κ3) is 7.45. The summed E-state index contributed by atoms with van der Waals surface area (Å²) in [5.74, 6) is 0.385. The van der Waals surface area contributed by atoms with E-state index in [0.29, 0.717) is 25.4 Å². The van der Waals surface area contributed by atoms with Gasteiger partial charge in [0, 0.05) is 20.2 Å². The Hall–Kier alpha value is -1.64. The van der Waals surface area contributed by atoms with Crippen molar-refractivity contribution in [2.45, 2.75) is 18.7 Å². The van der Waals surface area contributed by atoms with Crippen LogP contribution in [0.2, 0.25) is 0 Å². The molecule has 1 aromatic rings. The van der Waals surface area contributed by atoms with Gasteiger partial charge in [0.15, 0.2) is 6.61 Å². The smallest absolute Gasteiger partial charge is 0.258 e. The molecule has 0 radical (unpaired) electrons. The molecule has 7 nitrogen and oxygen atoms in total. The molecule has 0 spiro atoms. The summed E-state index contributed by atoms with van der Waals surface area (Å²) in [6.45, 7) is 4.94. The number of carbonyl (C=O) groups excluding carboxylic acids is 1. The van der Waals surface area contributed by atoms with Gasteiger partial charge in [0.25, 0.3) is 5.91 Å². The Morgan fingerprint density at radius 3 is 2.43 bits per heavy atom. The highest BCUT2D eigenvalue weighted by Gasteiger charge is 2.14. The number of methoxy groups -OCH3 is 1. The fourth-order valence-electron chi connectivity index (χ4n) is 1.57. The monoisotopic (exact) mass is 344 g/mol. The minimum atomic E-state index is -3.52. The predicted octanol–water partition coefficient (Wildman–Crippen LogP) is 0.762. The van der Waals surface area contributed by atoms with Gasteiger partial charge in [-0.3, -0.25) is 4.79 Å². The van der Waals surface area contributed by atoms with E-state index < -0.39 is 10.0 Å². The van der Waals surface area contributed by atoms with Gasteiger partial charge in [0.1, 0.15) is 5.75 Å². The fraction of sp³-hybridized carbons (Fsp3) is 0.533. The molecule has 130 valence electrons. The lowest BCUT2D eigenvalue weighted by Gasteiger charge is -2.10. The highest BCUT2D eigenvalue weighted by molar-refractivity contribution is 7.89. The van der Waals surface area contributed by atoms with Gasteiger partial charge in [-0.2, -0.15) is 0 Å². The summed E-state index contributed by atoms with van der Waals surface area (Å²) < 4.78 is 36.7. The van der Waals surface area contributed by atoms with Gasteiger partial charge >= 0.3 is 0 Å². The van der Waals surface area contributed by atoms with E-state index in [1.54, 1.807) is 7.11 Å². The van der Waals surface area contributed by atoms with Gasteiger partial charge in [-0.05, 0) is 30.2 Å². The molecule has 0 saturated carbocycles. The minimum Gasteiger partial charge on any atom is -0.484 e. The van der Waals surface area contributed by atoms with Crippen molar-refractivity contribution in [3.05, 3.63) is 24.3 Å². The molecule has 0 unspecified atom stereocenters. The Bertz CT molecular complexity index is 584. The lowest BCUT2D eigenvalue weighted by molar-refractivity contribution is -0.123. The quantitative estimate of drug-likeness (QED) is 0.611. The molecule has 0 saturated heterocycles. The molecular weight excluding hydrogens is 320 g/mol. The Kier molecular flexibility index (Phi) is 8.01. The fourth-order valence-corrected chi connectivity index (χ4v) is 2.78. The van der Waals surface area contributed by atoms with Crippen molar-refractivity contribution >= 4 is 15.9 Å². The average Bonchev–Trinajstić information content (AvgIpc) is 2.52. The van der Waals surface area contributed by atoms with Crippen molar-refractivity contribution in [2.75, 3.05) is 33.4 Å². The number of amides is 1. The maximum Gasteiger partial charge on any atom is 0.258 e. The second-order valence-electron chi connectivity index (χ2n) is 5.35. The van der Waals surface area contributed by atoms with Crippen molar-refractivity contribution < 1.29 is 22.7 Å². The summed E-state index contributed by atoms with van der Waals surface area (Å²) in [7, 11) is -1.97. The van der Waals surface area contributed by atoms with Gasteiger partial charge < -0.3 is 14.8 Å².